The van der Waals surface area contributed by atoms with Crippen molar-refractivity contribution in [2.45, 2.75) is 36.6 Å². The van der Waals surface area contributed by atoms with Gasteiger partial charge in [-0.1, -0.05) is 54.6 Å². The van der Waals surface area contributed by atoms with Crippen LogP contribution in [0.1, 0.15) is 24.4 Å². The highest BCUT2D eigenvalue weighted by molar-refractivity contribution is 8.01. The largest absolute Gasteiger partial charge is 0.312 e. The van der Waals surface area contributed by atoms with Crippen LogP contribution in [0.3, 0.4) is 0 Å². The minimum Gasteiger partial charge on any atom is -0.312 e. The third-order valence-corrected chi connectivity index (χ3v) is 4.98. The fraction of sp³-hybridized carbons (Fsp3) is 0.429. The van der Waals surface area contributed by atoms with Gasteiger partial charge in [-0.05, 0) is 37.1 Å². The van der Waals surface area contributed by atoms with Gasteiger partial charge in [0, 0.05) is 16.5 Å². The fourth-order valence-corrected chi connectivity index (χ4v) is 3.94. The lowest BCUT2D eigenvalue weighted by Crippen LogP contribution is -2.19. The Kier molecular flexibility index (Phi) is 5.84. The molecule has 0 aliphatic rings. The zero-order valence-corrected chi connectivity index (χ0v) is 14.2. The minimum absolute atomic E-state index is 0.624. The lowest BCUT2D eigenvalue weighted by Gasteiger charge is -2.12. The molecule has 1 aromatic carbocycles. The van der Waals surface area contributed by atoms with Crippen LogP contribution in [0.5, 0.6) is 0 Å². The Balaban J connectivity index is 2.13. The lowest BCUT2D eigenvalue weighted by molar-refractivity contribution is 0.550. The third kappa shape index (κ3) is 4.45. The number of nitrogens with zero attached hydrogens (tertiary/aromatic N) is 2. The van der Waals surface area contributed by atoms with Gasteiger partial charge in [0.25, 0.3) is 0 Å². The van der Waals surface area contributed by atoms with E-state index in [4.69, 9.17) is 11.6 Å². The van der Waals surface area contributed by atoms with Gasteiger partial charge >= 0.3 is 0 Å². The van der Waals surface area contributed by atoms with Crippen LogP contribution in [-0.4, -0.2) is 16.7 Å². The van der Waals surface area contributed by atoms with Crippen LogP contribution in [0.25, 0.3) is 0 Å². The molecule has 2 aromatic rings. The molecule has 0 bridgehead atoms. The lowest BCUT2D eigenvalue weighted by atomic mass is 10.2. The molecule has 0 saturated heterocycles. The minimum atomic E-state index is 0.624. The smallest absolute Gasteiger partial charge is 0.179 e. The molecule has 0 spiro atoms. The molecule has 108 valence electrons. The van der Waals surface area contributed by atoms with Crippen molar-refractivity contribution in [1.82, 2.24) is 15.5 Å². The van der Waals surface area contributed by atoms with Crippen molar-refractivity contribution in [1.29, 1.82) is 0 Å². The molecule has 0 aliphatic carbocycles. The topological polar surface area (TPSA) is 37.8 Å². The summed E-state index contributed by atoms with van der Waals surface area (Å²) in [4.78, 5) is 1.14. The normalized spacial score (nSPS) is 11.2. The molecule has 0 amide bonds. The summed E-state index contributed by atoms with van der Waals surface area (Å²) in [5.74, 6) is 0.624. The van der Waals surface area contributed by atoms with E-state index in [-0.39, 0.29) is 0 Å². The summed E-state index contributed by atoms with van der Waals surface area (Å²) in [5, 5.41) is 13.4. The predicted octanol–water partition coefficient (Wildman–Crippen LogP) is 4.40. The first-order valence-electron chi connectivity index (χ1n) is 6.52. The Morgan fingerprint density at radius 1 is 1.35 bits per heavy atom. The average Bonchev–Trinajstić information content (AvgIpc) is 2.78. The van der Waals surface area contributed by atoms with Gasteiger partial charge in [-0.3, -0.25) is 0 Å². The Morgan fingerprint density at radius 3 is 2.80 bits per heavy atom. The first kappa shape index (κ1) is 15.8. The monoisotopic (exact) mass is 327 g/mol. The van der Waals surface area contributed by atoms with E-state index in [1.165, 1.54) is 0 Å². The number of nitrogens with one attached hydrogen (secondary N) is 1. The second-order valence-electron chi connectivity index (χ2n) is 4.93. The van der Waals surface area contributed by atoms with E-state index in [0.717, 1.165) is 37.9 Å². The van der Waals surface area contributed by atoms with E-state index in [2.05, 4.69) is 35.4 Å². The van der Waals surface area contributed by atoms with E-state index >= 15 is 0 Å². The van der Waals surface area contributed by atoms with Crippen molar-refractivity contribution >= 4 is 34.7 Å². The second kappa shape index (κ2) is 7.41. The van der Waals surface area contributed by atoms with Gasteiger partial charge in [0.1, 0.15) is 5.01 Å². The molecule has 20 heavy (non-hydrogen) atoms. The van der Waals surface area contributed by atoms with Crippen LogP contribution < -0.4 is 5.32 Å². The van der Waals surface area contributed by atoms with Gasteiger partial charge in [-0.2, -0.15) is 0 Å². The maximum atomic E-state index is 6.33. The highest BCUT2D eigenvalue weighted by atomic mass is 35.5. The molecule has 0 aliphatic heterocycles. The standard InChI is InChI=1S/C14H18ClN3S2/c1-9(2)7-16-8-11-12(15)5-4-6-13(11)20-14-18-17-10(3)19-14/h4-6,9,16H,7-8H2,1-3H3. The van der Waals surface area contributed by atoms with Crippen LogP contribution in [0.4, 0.5) is 0 Å². The number of benzene rings is 1. The highest BCUT2D eigenvalue weighted by Gasteiger charge is 2.11. The molecule has 3 nitrogen and oxygen atoms in total. The fourth-order valence-electron chi connectivity index (χ4n) is 1.71. The predicted molar refractivity (Wildman–Crippen MR) is 86.8 cm³/mol. The molecule has 0 saturated carbocycles. The summed E-state index contributed by atoms with van der Waals surface area (Å²) in [6.07, 6.45) is 0. The number of aromatic nitrogens is 2. The van der Waals surface area contributed by atoms with Crippen molar-refractivity contribution in [2.75, 3.05) is 6.54 Å². The van der Waals surface area contributed by atoms with Crippen molar-refractivity contribution in [3.63, 3.8) is 0 Å². The quantitative estimate of drug-likeness (QED) is 0.853. The average molecular weight is 328 g/mol. The Labute approximate surface area is 133 Å². The van der Waals surface area contributed by atoms with Crippen molar-refractivity contribution in [3.8, 4) is 0 Å². The molecule has 2 rings (SSSR count). The van der Waals surface area contributed by atoms with Gasteiger partial charge in [-0.25, -0.2) is 0 Å². The molecule has 1 heterocycles. The first-order chi connectivity index (χ1) is 9.56. The molecule has 1 aromatic heterocycles. The van der Waals surface area contributed by atoms with Gasteiger partial charge in [-0.15, -0.1) is 10.2 Å². The maximum Gasteiger partial charge on any atom is 0.179 e. The van der Waals surface area contributed by atoms with Crippen LogP contribution in [-0.2, 0) is 6.54 Å². The number of halogens is 1. The van der Waals surface area contributed by atoms with E-state index in [0.29, 0.717) is 5.92 Å². The molecule has 0 radical (unpaired) electrons. The number of hydrogen-bond acceptors (Lipinski definition) is 5. The molecule has 1 N–H and O–H groups in total. The SMILES string of the molecule is Cc1nnc(Sc2cccc(Cl)c2CNCC(C)C)s1. The molecule has 0 unspecified atom stereocenters. The molecule has 0 atom stereocenters. The molecular weight excluding hydrogens is 310 g/mol. The van der Waals surface area contributed by atoms with E-state index < -0.39 is 0 Å². The maximum absolute atomic E-state index is 6.33. The number of rotatable bonds is 6. The van der Waals surface area contributed by atoms with E-state index in [1.54, 1.807) is 23.1 Å². The number of hydrogen-bond donors (Lipinski definition) is 1. The van der Waals surface area contributed by atoms with Gasteiger partial charge in [0.2, 0.25) is 0 Å². The molecule has 6 heteroatoms. The van der Waals surface area contributed by atoms with Gasteiger partial charge in [0.05, 0.1) is 0 Å². The molecule has 0 fully saturated rings. The zero-order valence-electron chi connectivity index (χ0n) is 11.8. The van der Waals surface area contributed by atoms with Crippen molar-refractivity contribution in [2.24, 2.45) is 5.92 Å². The van der Waals surface area contributed by atoms with Crippen molar-refractivity contribution in [3.05, 3.63) is 33.8 Å². The van der Waals surface area contributed by atoms with Gasteiger partial charge < -0.3 is 5.32 Å². The summed E-state index contributed by atoms with van der Waals surface area (Å²) in [6, 6.07) is 5.99. The number of aryl methyl sites for hydroxylation is 1. The van der Waals surface area contributed by atoms with Crippen LogP contribution >= 0.6 is 34.7 Å². The van der Waals surface area contributed by atoms with E-state index in [9.17, 15) is 0 Å². The Bertz CT molecular complexity index is 569. The van der Waals surface area contributed by atoms with Crippen LogP contribution in [0, 0.1) is 12.8 Å². The second-order valence-corrected chi connectivity index (χ2v) is 7.81. The van der Waals surface area contributed by atoms with Crippen LogP contribution in [0.2, 0.25) is 5.02 Å². The summed E-state index contributed by atoms with van der Waals surface area (Å²) < 4.78 is 0.954. The zero-order chi connectivity index (χ0) is 14.5. The van der Waals surface area contributed by atoms with Crippen LogP contribution in [0.15, 0.2) is 27.4 Å². The highest BCUT2D eigenvalue weighted by Crippen LogP contribution is 2.35. The summed E-state index contributed by atoms with van der Waals surface area (Å²) in [5.41, 5.74) is 1.13. The third-order valence-electron chi connectivity index (χ3n) is 2.63. The van der Waals surface area contributed by atoms with E-state index in [1.807, 2.05) is 19.1 Å². The first-order valence-corrected chi connectivity index (χ1v) is 8.53. The Morgan fingerprint density at radius 2 is 2.15 bits per heavy atom. The Hall–Kier alpha value is -0.620. The summed E-state index contributed by atoms with van der Waals surface area (Å²) >= 11 is 9.56. The van der Waals surface area contributed by atoms with Gasteiger partial charge in [0.15, 0.2) is 4.34 Å². The summed E-state index contributed by atoms with van der Waals surface area (Å²) in [6.45, 7) is 8.11. The summed E-state index contributed by atoms with van der Waals surface area (Å²) in [7, 11) is 0. The molecular formula is C14H18ClN3S2. The van der Waals surface area contributed by atoms with Crippen molar-refractivity contribution < 1.29 is 0 Å².